The van der Waals surface area contributed by atoms with Crippen molar-refractivity contribution < 1.29 is 4.42 Å². The van der Waals surface area contributed by atoms with Gasteiger partial charge in [0.25, 0.3) is 0 Å². The van der Waals surface area contributed by atoms with Gasteiger partial charge in [0.05, 0.1) is 17.5 Å². The van der Waals surface area contributed by atoms with Crippen LogP contribution in [0.4, 0.5) is 10.8 Å². The topological polar surface area (TPSA) is 70.7 Å². The van der Waals surface area contributed by atoms with Crippen LogP contribution in [0.2, 0.25) is 0 Å². The molecule has 0 saturated heterocycles. The number of hydrogen-bond donors (Lipinski definition) is 1. The molecule has 4 aromatic rings. The van der Waals surface area contributed by atoms with Gasteiger partial charge in [-0.05, 0) is 29.8 Å². The first kappa shape index (κ1) is 17.9. The number of fused-ring (bicyclic) bond motifs is 1. The zero-order chi connectivity index (χ0) is 19.5. The van der Waals surface area contributed by atoms with Crippen LogP contribution in [0.3, 0.4) is 0 Å². The second-order valence-electron chi connectivity index (χ2n) is 6.38. The quantitative estimate of drug-likeness (QED) is 0.310. The fraction of sp³-hybridized carbons (Fsp3) is 0.0952. The lowest BCUT2D eigenvalue weighted by atomic mass is 10.1. The van der Waals surface area contributed by atoms with Gasteiger partial charge in [0.1, 0.15) is 5.58 Å². The smallest absolute Gasteiger partial charge is 0.345 e. The standard InChI is InChI=1S/C21H18N4O2S/c1-25(2)16-9-7-14(8-10-16)12-22-24-21-23-18(13-28-21)17-11-15-5-3-4-6-19(15)27-20(17)26/h3-13H,1-2H3,(H,23,24). The van der Waals surface area contributed by atoms with Crippen molar-refractivity contribution in [1.82, 2.24) is 4.98 Å². The van der Waals surface area contributed by atoms with Crippen molar-refractivity contribution in [3.05, 3.63) is 76.0 Å². The number of nitrogens with one attached hydrogen (secondary N) is 1. The van der Waals surface area contributed by atoms with E-state index in [4.69, 9.17) is 4.42 Å². The average Bonchev–Trinajstić information content (AvgIpc) is 3.16. The maximum absolute atomic E-state index is 12.3. The van der Waals surface area contributed by atoms with Crippen LogP contribution in [-0.4, -0.2) is 25.3 Å². The first-order valence-electron chi connectivity index (χ1n) is 8.65. The molecule has 2 aromatic carbocycles. The fourth-order valence-electron chi connectivity index (χ4n) is 2.71. The molecule has 140 valence electrons. The molecule has 2 heterocycles. The minimum atomic E-state index is -0.403. The van der Waals surface area contributed by atoms with Crippen LogP contribution in [0, 0.1) is 0 Å². The first-order chi connectivity index (χ1) is 13.6. The van der Waals surface area contributed by atoms with Crippen molar-refractivity contribution in [3.63, 3.8) is 0 Å². The van der Waals surface area contributed by atoms with Gasteiger partial charge in [0.15, 0.2) is 0 Å². The largest absolute Gasteiger partial charge is 0.422 e. The van der Waals surface area contributed by atoms with Crippen molar-refractivity contribution in [2.45, 2.75) is 0 Å². The van der Waals surface area contributed by atoms with E-state index in [-0.39, 0.29) is 0 Å². The van der Waals surface area contributed by atoms with Crippen LogP contribution in [0.5, 0.6) is 0 Å². The fourth-order valence-corrected chi connectivity index (χ4v) is 3.37. The van der Waals surface area contributed by atoms with Crippen LogP contribution < -0.4 is 16.0 Å². The van der Waals surface area contributed by atoms with Crippen molar-refractivity contribution in [2.24, 2.45) is 5.10 Å². The summed E-state index contributed by atoms with van der Waals surface area (Å²) < 4.78 is 5.38. The molecule has 2 aromatic heterocycles. The Morgan fingerprint density at radius 1 is 1.14 bits per heavy atom. The number of thiazole rings is 1. The van der Waals surface area contributed by atoms with Crippen molar-refractivity contribution in [1.29, 1.82) is 0 Å². The predicted molar refractivity (Wildman–Crippen MR) is 116 cm³/mol. The van der Waals surface area contributed by atoms with Crippen LogP contribution in [-0.2, 0) is 0 Å². The molecule has 7 heteroatoms. The summed E-state index contributed by atoms with van der Waals surface area (Å²) in [5.74, 6) is 0. The van der Waals surface area contributed by atoms with Gasteiger partial charge in [-0.25, -0.2) is 9.78 Å². The molecule has 0 unspecified atom stereocenters. The van der Waals surface area contributed by atoms with E-state index >= 15 is 0 Å². The van der Waals surface area contributed by atoms with Crippen LogP contribution in [0.15, 0.2) is 74.3 Å². The van der Waals surface area contributed by atoms with E-state index in [1.165, 1.54) is 11.3 Å². The number of aromatic nitrogens is 1. The molecule has 0 saturated carbocycles. The van der Waals surface area contributed by atoms with Crippen LogP contribution >= 0.6 is 11.3 Å². The summed E-state index contributed by atoms with van der Waals surface area (Å²) in [4.78, 5) is 18.7. The lowest BCUT2D eigenvalue weighted by molar-refractivity contribution is 0.563. The highest BCUT2D eigenvalue weighted by Gasteiger charge is 2.11. The molecule has 28 heavy (non-hydrogen) atoms. The summed E-state index contributed by atoms with van der Waals surface area (Å²) in [5.41, 5.74) is 6.18. The molecule has 0 spiro atoms. The van der Waals surface area contributed by atoms with Gasteiger partial charge in [-0.2, -0.15) is 5.10 Å². The number of hydrazone groups is 1. The first-order valence-corrected chi connectivity index (χ1v) is 9.53. The van der Waals surface area contributed by atoms with Gasteiger partial charge in [0.2, 0.25) is 5.13 Å². The number of anilines is 2. The Hall–Kier alpha value is -3.45. The Morgan fingerprint density at radius 2 is 1.93 bits per heavy atom. The highest BCUT2D eigenvalue weighted by molar-refractivity contribution is 7.14. The normalized spacial score (nSPS) is 11.2. The Bertz CT molecular complexity index is 1190. The third kappa shape index (κ3) is 3.79. The van der Waals surface area contributed by atoms with Gasteiger partial charge in [-0.15, -0.1) is 11.3 Å². The Morgan fingerprint density at radius 3 is 2.71 bits per heavy atom. The van der Waals surface area contributed by atoms with Crippen LogP contribution in [0.1, 0.15) is 5.56 Å². The zero-order valence-electron chi connectivity index (χ0n) is 15.4. The highest BCUT2D eigenvalue weighted by Crippen LogP contribution is 2.25. The molecule has 4 rings (SSSR count). The van der Waals surface area contributed by atoms with Crippen LogP contribution in [0.25, 0.3) is 22.2 Å². The van der Waals surface area contributed by atoms with Gasteiger partial charge in [-0.1, -0.05) is 30.3 Å². The molecule has 0 aliphatic heterocycles. The second-order valence-corrected chi connectivity index (χ2v) is 7.24. The van der Waals surface area contributed by atoms with Gasteiger partial charge in [-0.3, -0.25) is 5.43 Å². The van der Waals surface area contributed by atoms with E-state index < -0.39 is 5.63 Å². The molecule has 0 bridgehead atoms. The molecule has 0 radical (unpaired) electrons. The van der Waals surface area contributed by atoms with E-state index in [0.29, 0.717) is 22.0 Å². The number of rotatable bonds is 5. The lowest BCUT2D eigenvalue weighted by Gasteiger charge is -2.11. The summed E-state index contributed by atoms with van der Waals surface area (Å²) in [6, 6.07) is 17.3. The Labute approximate surface area is 165 Å². The van der Waals surface area contributed by atoms with Crippen molar-refractivity contribution in [2.75, 3.05) is 24.4 Å². The average molecular weight is 390 g/mol. The number of para-hydroxylation sites is 1. The summed E-state index contributed by atoms with van der Waals surface area (Å²) in [6.45, 7) is 0. The molecular formula is C21H18N4O2S. The number of hydrogen-bond acceptors (Lipinski definition) is 7. The van der Waals surface area contributed by atoms with Crippen molar-refractivity contribution >= 4 is 39.3 Å². The van der Waals surface area contributed by atoms with Gasteiger partial charge in [0, 0.05) is 30.5 Å². The van der Waals surface area contributed by atoms with E-state index in [0.717, 1.165) is 16.6 Å². The zero-order valence-corrected chi connectivity index (χ0v) is 16.2. The molecule has 0 fully saturated rings. The lowest BCUT2D eigenvalue weighted by Crippen LogP contribution is -2.08. The summed E-state index contributed by atoms with van der Waals surface area (Å²) in [5, 5.41) is 7.49. The second kappa shape index (κ2) is 7.66. The highest BCUT2D eigenvalue weighted by atomic mass is 32.1. The van der Waals surface area contributed by atoms with E-state index in [1.807, 2.05) is 66.8 Å². The molecule has 6 nitrogen and oxygen atoms in total. The predicted octanol–water partition coefficient (Wildman–Crippen LogP) is 4.43. The maximum atomic E-state index is 12.3. The van der Waals surface area contributed by atoms with E-state index in [1.54, 1.807) is 18.3 Å². The Balaban J connectivity index is 1.50. The van der Waals surface area contributed by atoms with E-state index in [2.05, 4.69) is 15.5 Å². The molecule has 0 aliphatic carbocycles. The molecule has 0 amide bonds. The summed E-state index contributed by atoms with van der Waals surface area (Å²) >= 11 is 1.38. The summed E-state index contributed by atoms with van der Waals surface area (Å²) in [7, 11) is 4.00. The monoisotopic (exact) mass is 390 g/mol. The summed E-state index contributed by atoms with van der Waals surface area (Å²) in [6.07, 6.45) is 1.73. The molecule has 0 atom stereocenters. The Kier molecular flexibility index (Phi) is 4.90. The minimum Gasteiger partial charge on any atom is -0.422 e. The maximum Gasteiger partial charge on any atom is 0.345 e. The third-order valence-corrected chi connectivity index (χ3v) is 4.95. The van der Waals surface area contributed by atoms with Gasteiger partial charge >= 0.3 is 5.63 Å². The van der Waals surface area contributed by atoms with Gasteiger partial charge < -0.3 is 9.32 Å². The molecule has 1 N–H and O–H groups in total. The number of nitrogens with zero attached hydrogens (tertiary/aromatic N) is 3. The molecule has 0 aliphatic rings. The number of benzene rings is 2. The van der Waals surface area contributed by atoms with E-state index in [9.17, 15) is 4.79 Å². The SMILES string of the molecule is CN(C)c1ccc(C=NNc2nc(-c3cc4ccccc4oc3=O)cs2)cc1. The minimum absolute atomic E-state index is 0.403. The van der Waals surface area contributed by atoms with Crippen molar-refractivity contribution in [3.8, 4) is 11.3 Å². The molecular weight excluding hydrogens is 372 g/mol. The third-order valence-electron chi connectivity index (χ3n) is 4.20.